The zero-order valence-corrected chi connectivity index (χ0v) is 17.6. The minimum absolute atomic E-state index is 0.844. The fourth-order valence-corrected chi connectivity index (χ4v) is 5.57. The first-order valence-corrected chi connectivity index (χ1v) is 11.2. The lowest BCUT2D eigenvalue weighted by Gasteiger charge is -2.48. The number of ether oxygens (including phenoxy) is 1. The Morgan fingerprint density at radius 1 is 1.11 bits per heavy atom. The number of hydrogen-bond acceptors (Lipinski definition) is 3. The predicted molar refractivity (Wildman–Crippen MR) is 115 cm³/mol. The summed E-state index contributed by atoms with van der Waals surface area (Å²) in [5.74, 6) is 4.13. The van der Waals surface area contributed by atoms with Gasteiger partial charge in [-0.1, -0.05) is 24.3 Å². The molecule has 0 aromatic heterocycles. The number of aryl methyl sites for hydroxylation is 1. The highest BCUT2D eigenvalue weighted by Crippen LogP contribution is 2.62. The zero-order chi connectivity index (χ0) is 18.8. The van der Waals surface area contributed by atoms with Crippen molar-refractivity contribution in [3.63, 3.8) is 0 Å². The van der Waals surface area contributed by atoms with Crippen LogP contribution >= 0.6 is 11.8 Å². The summed E-state index contributed by atoms with van der Waals surface area (Å²) in [6.45, 7) is 1.14. The first-order chi connectivity index (χ1) is 13.2. The lowest BCUT2D eigenvalue weighted by atomic mass is 9.56. The number of fused-ring (bicyclic) bond motifs is 5. The van der Waals surface area contributed by atoms with E-state index in [9.17, 15) is 0 Å². The van der Waals surface area contributed by atoms with E-state index in [2.05, 4.69) is 55.4 Å². The monoisotopic (exact) mass is 381 g/mol. The summed E-state index contributed by atoms with van der Waals surface area (Å²) in [4.78, 5) is 3.77. The molecule has 1 heterocycles. The van der Waals surface area contributed by atoms with Gasteiger partial charge in [-0.05, 0) is 92.6 Å². The number of nitrogens with zero attached hydrogens (tertiary/aromatic N) is 1. The molecule has 0 bridgehead atoms. The van der Waals surface area contributed by atoms with Crippen LogP contribution in [0.2, 0.25) is 0 Å². The van der Waals surface area contributed by atoms with E-state index < -0.39 is 0 Å². The van der Waals surface area contributed by atoms with Crippen LogP contribution in [0.3, 0.4) is 0 Å². The van der Waals surface area contributed by atoms with Crippen LogP contribution < -0.4 is 4.74 Å². The molecule has 2 aromatic carbocycles. The molecule has 2 atom stereocenters. The van der Waals surface area contributed by atoms with Crippen LogP contribution in [-0.2, 0) is 12.8 Å². The Morgan fingerprint density at radius 2 is 1.96 bits per heavy atom. The molecule has 1 saturated carbocycles. The van der Waals surface area contributed by atoms with Gasteiger partial charge in [0.2, 0.25) is 0 Å². The Balaban J connectivity index is 0.000000136. The average molecular weight is 382 g/mol. The summed E-state index contributed by atoms with van der Waals surface area (Å²) >= 11 is 2.02. The Morgan fingerprint density at radius 3 is 2.70 bits per heavy atom. The molecule has 2 unspecified atom stereocenters. The number of rotatable bonds is 4. The molecule has 5 rings (SSSR count). The van der Waals surface area contributed by atoms with Crippen molar-refractivity contribution in [3.8, 4) is 5.75 Å². The number of likely N-dealkylation sites (N-methyl/N-ethyl adjacent to an activating group) is 1. The molecular formula is C24H31NOS. The molecule has 2 nitrogen and oxygen atoms in total. The quantitative estimate of drug-likeness (QED) is 0.694. The fraction of sp³-hybridized carbons (Fsp3) is 0.500. The summed E-state index contributed by atoms with van der Waals surface area (Å²) in [6, 6.07) is 13.4. The largest absolute Gasteiger partial charge is 0.496 e. The third-order valence-corrected chi connectivity index (χ3v) is 7.38. The van der Waals surface area contributed by atoms with Gasteiger partial charge in [0.1, 0.15) is 5.75 Å². The van der Waals surface area contributed by atoms with E-state index in [-0.39, 0.29) is 0 Å². The molecule has 2 aliphatic carbocycles. The highest BCUT2D eigenvalue weighted by molar-refractivity contribution is 7.99. The normalized spacial score (nSPS) is 21.6. The second-order valence-corrected chi connectivity index (χ2v) is 9.34. The van der Waals surface area contributed by atoms with Crippen LogP contribution in [0.15, 0.2) is 41.3 Å². The van der Waals surface area contributed by atoms with Gasteiger partial charge in [0.05, 0.1) is 7.11 Å². The Kier molecular flexibility index (Phi) is 5.79. The van der Waals surface area contributed by atoms with Crippen LogP contribution in [0.25, 0.3) is 0 Å². The van der Waals surface area contributed by atoms with E-state index in [1.165, 1.54) is 53.9 Å². The molecule has 1 fully saturated rings. The van der Waals surface area contributed by atoms with Gasteiger partial charge in [-0.2, -0.15) is 0 Å². The van der Waals surface area contributed by atoms with Crippen molar-refractivity contribution in [1.82, 2.24) is 4.90 Å². The summed E-state index contributed by atoms with van der Waals surface area (Å²) < 4.78 is 5.33. The lowest BCUT2D eigenvalue weighted by molar-refractivity contribution is 0.277. The van der Waals surface area contributed by atoms with Gasteiger partial charge in [0.25, 0.3) is 0 Å². The van der Waals surface area contributed by atoms with Gasteiger partial charge in [0.15, 0.2) is 0 Å². The van der Waals surface area contributed by atoms with E-state index in [4.69, 9.17) is 4.74 Å². The van der Waals surface area contributed by atoms with E-state index in [0.717, 1.165) is 24.1 Å². The minimum Gasteiger partial charge on any atom is -0.496 e. The van der Waals surface area contributed by atoms with Crippen LogP contribution in [0.4, 0.5) is 0 Å². The zero-order valence-electron chi connectivity index (χ0n) is 16.8. The second kappa shape index (κ2) is 8.28. The van der Waals surface area contributed by atoms with Crippen molar-refractivity contribution < 1.29 is 4.74 Å². The van der Waals surface area contributed by atoms with E-state index in [0.29, 0.717) is 0 Å². The van der Waals surface area contributed by atoms with Crippen LogP contribution in [0, 0.1) is 0 Å². The lowest BCUT2D eigenvalue weighted by Crippen LogP contribution is -2.33. The molecule has 3 aliphatic rings. The summed E-state index contributed by atoms with van der Waals surface area (Å²) in [6.07, 6.45) is 6.55. The van der Waals surface area contributed by atoms with E-state index in [1.54, 1.807) is 18.2 Å². The van der Waals surface area contributed by atoms with Gasteiger partial charge in [-0.3, -0.25) is 0 Å². The van der Waals surface area contributed by atoms with Gasteiger partial charge >= 0.3 is 0 Å². The molecule has 144 valence electrons. The highest BCUT2D eigenvalue weighted by Gasteiger charge is 2.45. The molecule has 1 aliphatic heterocycles. The molecule has 0 N–H and O–H groups in total. The third-order valence-electron chi connectivity index (χ3n) is 6.19. The maximum atomic E-state index is 5.33. The van der Waals surface area contributed by atoms with Gasteiger partial charge in [0, 0.05) is 17.0 Å². The summed E-state index contributed by atoms with van der Waals surface area (Å²) in [7, 11) is 6.03. The van der Waals surface area contributed by atoms with E-state index in [1.807, 2.05) is 11.8 Å². The topological polar surface area (TPSA) is 12.5 Å². The van der Waals surface area contributed by atoms with Crippen molar-refractivity contribution >= 4 is 11.8 Å². The average Bonchev–Trinajstić information content (AvgIpc) is 2.67. The van der Waals surface area contributed by atoms with Crippen LogP contribution in [0.1, 0.15) is 53.4 Å². The molecule has 0 amide bonds. The minimum atomic E-state index is 0.844. The first kappa shape index (κ1) is 18.9. The molecule has 3 heteroatoms. The molecule has 2 aromatic rings. The molecule has 0 radical (unpaired) electrons. The number of benzene rings is 2. The molecule has 0 spiro atoms. The maximum absolute atomic E-state index is 5.33. The standard InChI is InChI=1S/C13H19NS.C11H12O/c1-14(2)8-7-11-5-6-12-4-3-9-15-13(12)10-11;1-12-10-4-2-3-8-7-5-6-9(7)11(8)10/h5-6,10H,3-4,7-9H2,1-2H3;2-4,7,9H,5-6H2,1H3. The van der Waals surface area contributed by atoms with E-state index >= 15 is 0 Å². The van der Waals surface area contributed by atoms with Gasteiger partial charge in [-0.15, -0.1) is 11.8 Å². The highest BCUT2D eigenvalue weighted by atomic mass is 32.2. The van der Waals surface area contributed by atoms with Crippen molar-refractivity contribution in [3.05, 3.63) is 58.7 Å². The van der Waals surface area contributed by atoms with Crippen molar-refractivity contribution in [1.29, 1.82) is 0 Å². The smallest absolute Gasteiger partial charge is 0.122 e. The van der Waals surface area contributed by atoms with Crippen LogP contribution in [-0.4, -0.2) is 38.4 Å². The third kappa shape index (κ3) is 3.90. The molecular weight excluding hydrogens is 350 g/mol. The van der Waals surface area contributed by atoms with Crippen molar-refractivity contribution in [2.24, 2.45) is 0 Å². The Hall–Kier alpha value is -1.45. The van der Waals surface area contributed by atoms with Crippen LogP contribution in [0.5, 0.6) is 5.75 Å². The van der Waals surface area contributed by atoms with Crippen molar-refractivity contribution in [2.45, 2.75) is 48.8 Å². The number of methoxy groups -OCH3 is 1. The second-order valence-electron chi connectivity index (χ2n) is 8.20. The molecule has 0 saturated heterocycles. The predicted octanol–water partition coefficient (Wildman–Crippen LogP) is 5.50. The van der Waals surface area contributed by atoms with Crippen molar-refractivity contribution in [2.75, 3.05) is 33.5 Å². The van der Waals surface area contributed by atoms with Gasteiger partial charge < -0.3 is 9.64 Å². The van der Waals surface area contributed by atoms with Gasteiger partial charge in [-0.25, -0.2) is 0 Å². The Labute approximate surface area is 168 Å². The Bertz CT molecular complexity index is 787. The summed E-state index contributed by atoms with van der Waals surface area (Å²) in [5, 5.41) is 0. The number of hydrogen-bond donors (Lipinski definition) is 0. The first-order valence-electron chi connectivity index (χ1n) is 10.2. The maximum Gasteiger partial charge on any atom is 0.122 e. The molecule has 27 heavy (non-hydrogen) atoms. The SMILES string of the molecule is CN(C)CCc1ccc2c(c1)SCCC2.COc1cccc2c1C1CCC21. The fourth-order valence-electron chi connectivity index (χ4n) is 4.47. The summed E-state index contributed by atoms with van der Waals surface area (Å²) in [5.41, 5.74) is 6.08. The number of thioether (sulfide) groups is 1.